The van der Waals surface area contributed by atoms with Crippen LogP contribution in [-0.2, 0) is 9.59 Å². The van der Waals surface area contributed by atoms with Crippen molar-refractivity contribution in [3.8, 4) is 23.0 Å². The SMILES string of the molecule is COc1cc([C@H]2/C(=C(\O)c3ccc(OCC(C)C)c(C)c3)C(=O)C(=O)N2CCCN(C)C)cc(OC)c1OC. The number of likely N-dealkylation sites (tertiary alicyclic amines) is 1. The van der Waals surface area contributed by atoms with E-state index in [9.17, 15) is 14.7 Å². The minimum atomic E-state index is -0.849. The maximum absolute atomic E-state index is 13.4. The van der Waals surface area contributed by atoms with Crippen molar-refractivity contribution in [3.05, 3.63) is 52.6 Å². The van der Waals surface area contributed by atoms with Gasteiger partial charge in [0.2, 0.25) is 5.75 Å². The first-order chi connectivity index (χ1) is 18.5. The van der Waals surface area contributed by atoms with Gasteiger partial charge in [0.25, 0.3) is 11.7 Å². The van der Waals surface area contributed by atoms with Crippen molar-refractivity contribution in [1.82, 2.24) is 9.80 Å². The number of Topliss-reactive ketones (excluding diaryl/α,β-unsaturated/α-hetero) is 1. The number of rotatable bonds is 12. The van der Waals surface area contributed by atoms with Crippen LogP contribution in [0.15, 0.2) is 35.9 Å². The third kappa shape index (κ3) is 6.47. The van der Waals surface area contributed by atoms with Gasteiger partial charge in [0, 0.05) is 12.1 Å². The zero-order chi connectivity index (χ0) is 28.9. The predicted octanol–water partition coefficient (Wildman–Crippen LogP) is 4.43. The van der Waals surface area contributed by atoms with Crippen LogP contribution in [0.1, 0.15) is 43.0 Å². The van der Waals surface area contributed by atoms with Gasteiger partial charge in [-0.15, -0.1) is 0 Å². The van der Waals surface area contributed by atoms with Crippen molar-refractivity contribution >= 4 is 17.4 Å². The quantitative estimate of drug-likeness (QED) is 0.240. The highest BCUT2D eigenvalue weighted by Gasteiger charge is 2.46. The van der Waals surface area contributed by atoms with Crippen molar-refractivity contribution in [2.75, 3.05) is 55.1 Å². The summed E-state index contributed by atoms with van der Waals surface area (Å²) >= 11 is 0. The van der Waals surface area contributed by atoms with Crippen LogP contribution in [0, 0.1) is 12.8 Å². The number of ether oxygens (including phenoxy) is 4. The monoisotopic (exact) mass is 540 g/mol. The Morgan fingerprint density at radius 2 is 1.64 bits per heavy atom. The van der Waals surface area contributed by atoms with E-state index in [-0.39, 0.29) is 11.3 Å². The molecule has 2 aromatic carbocycles. The lowest BCUT2D eigenvalue weighted by atomic mass is 9.94. The van der Waals surface area contributed by atoms with Crippen LogP contribution in [0.25, 0.3) is 5.76 Å². The molecule has 1 atom stereocenters. The van der Waals surface area contributed by atoms with E-state index in [0.29, 0.717) is 59.6 Å². The maximum Gasteiger partial charge on any atom is 0.295 e. The fourth-order valence-electron chi connectivity index (χ4n) is 4.64. The molecule has 0 bridgehead atoms. The second-order valence-electron chi connectivity index (χ2n) is 10.3. The number of hydrogen-bond acceptors (Lipinski definition) is 8. The van der Waals surface area contributed by atoms with Crippen LogP contribution in [-0.4, -0.2) is 81.7 Å². The highest BCUT2D eigenvalue weighted by atomic mass is 16.5. The minimum absolute atomic E-state index is 0.00868. The number of benzene rings is 2. The first-order valence-electron chi connectivity index (χ1n) is 13.0. The lowest BCUT2D eigenvalue weighted by molar-refractivity contribution is -0.139. The number of ketones is 1. The molecule has 212 valence electrons. The molecule has 0 unspecified atom stereocenters. The molecule has 1 N–H and O–H groups in total. The highest BCUT2D eigenvalue weighted by Crippen LogP contribution is 2.46. The van der Waals surface area contributed by atoms with E-state index in [2.05, 4.69) is 13.8 Å². The van der Waals surface area contributed by atoms with Crippen LogP contribution in [0.3, 0.4) is 0 Å². The smallest absolute Gasteiger partial charge is 0.295 e. The average Bonchev–Trinajstić information content (AvgIpc) is 3.15. The first kappa shape index (κ1) is 29.8. The zero-order valence-corrected chi connectivity index (χ0v) is 24.2. The summed E-state index contributed by atoms with van der Waals surface area (Å²) in [5.41, 5.74) is 1.80. The molecule has 0 aliphatic carbocycles. The summed E-state index contributed by atoms with van der Waals surface area (Å²) in [6.07, 6.45) is 0.641. The summed E-state index contributed by atoms with van der Waals surface area (Å²) in [7, 11) is 8.40. The number of amides is 1. The number of aliphatic hydroxyl groups is 1. The molecular weight excluding hydrogens is 500 g/mol. The predicted molar refractivity (Wildman–Crippen MR) is 150 cm³/mol. The van der Waals surface area contributed by atoms with E-state index in [1.807, 2.05) is 25.9 Å². The molecule has 3 rings (SSSR count). The standard InChI is InChI=1S/C30H40N2O7/c1-18(2)17-39-22-11-10-20(14-19(22)3)27(33)25-26(32(30(35)28(25)34)13-9-12-31(4)5)21-15-23(36-6)29(38-8)24(16-21)37-7/h10-11,14-16,18,26,33H,9,12-13,17H2,1-8H3/b27-25+/t26-/m0/s1. The van der Waals surface area contributed by atoms with E-state index in [1.54, 1.807) is 30.3 Å². The summed E-state index contributed by atoms with van der Waals surface area (Å²) in [5, 5.41) is 11.5. The molecule has 2 aromatic rings. The van der Waals surface area contributed by atoms with Crippen molar-refractivity contribution in [3.63, 3.8) is 0 Å². The Kier molecular flexibility index (Phi) is 9.86. The van der Waals surface area contributed by atoms with Gasteiger partial charge in [-0.25, -0.2) is 0 Å². The lowest BCUT2D eigenvalue weighted by Crippen LogP contribution is -2.32. The van der Waals surface area contributed by atoms with Crippen molar-refractivity contribution in [1.29, 1.82) is 0 Å². The molecule has 1 amide bonds. The minimum Gasteiger partial charge on any atom is -0.507 e. The van der Waals surface area contributed by atoms with E-state index in [1.165, 1.54) is 26.2 Å². The normalized spacial score (nSPS) is 16.8. The van der Waals surface area contributed by atoms with Gasteiger partial charge in [-0.1, -0.05) is 13.8 Å². The van der Waals surface area contributed by atoms with Gasteiger partial charge >= 0.3 is 0 Å². The third-order valence-corrected chi connectivity index (χ3v) is 6.57. The Morgan fingerprint density at radius 1 is 1.00 bits per heavy atom. The van der Waals surface area contributed by atoms with Crippen LogP contribution in [0.2, 0.25) is 0 Å². The Labute approximate surface area is 230 Å². The van der Waals surface area contributed by atoms with Gasteiger partial charge in [0.15, 0.2) is 11.5 Å². The summed E-state index contributed by atoms with van der Waals surface area (Å²) in [5.74, 6) is 0.560. The zero-order valence-electron chi connectivity index (χ0n) is 24.2. The summed E-state index contributed by atoms with van der Waals surface area (Å²) < 4.78 is 22.4. The van der Waals surface area contributed by atoms with E-state index >= 15 is 0 Å². The second kappa shape index (κ2) is 12.9. The number of carbonyl (C=O) groups excluding carboxylic acids is 2. The number of carbonyl (C=O) groups is 2. The Hall–Kier alpha value is -3.72. The number of aryl methyl sites for hydroxylation is 1. The molecule has 0 radical (unpaired) electrons. The van der Waals surface area contributed by atoms with Gasteiger partial charge in [0.05, 0.1) is 39.6 Å². The van der Waals surface area contributed by atoms with Gasteiger partial charge < -0.3 is 33.9 Å². The summed E-state index contributed by atoms with van der Waals surface area (Å²) in [6, 6.07) is 7.80. The fourth-order valence-corrected chi connectivity index (χ4v) is 4.64. The summed E-state index contributed by atoms with van der Waals surface area (Å²) in [6.45, 7) is 7.62. The Morgan fingerprint density at radius 3 is 2.15 bits per heavy atom. The number of nitrogens with zero attached hydrogens (tertiary/aromatic N) is 2. The van der Waals surface area contributed by atoms with E-state index in [0.717, 1.165) is 12.1 Å². The highest BCUT2D eigenvalue weighted by molar-refractivity contribution is 6.46. The van der Waals surface area contributed by atoms with Crippen LogP contribution < -0.4 is 18.9 Å². The Bertz CT molecular complexity index is 1210. The van der Waals surface area contributed by atoms with Crippen molar-refractivity contribution in [2.45, 2.75) is 33.2 Å². The largest absolute Gasteiger partial charge is 0.507 e. The van der Waals surface area contributed by atoms with Crippen LogP contribution in [0.4, 0.5) is 0 Å². The molecule has 9 nitrogen and oxygen atoms in total. The van der Waals surface area contributed by atoms with Crippen molar-refractivity contribution < 1.29 is 33.6 Å². The van der Waals surface area contributed by atoms with Crippen LogP contribution in [0.5, 0.6) is 23.0 Å². The third-order valence-electron chi connectivity index (χ3n) is 6.57. The second-order valence-corrected chi connectivity index (χ2v) is 10.3. The molecule has 1 aliphatic heterocycles. The van der Waals surface area contributed by atoms with Gasteiger partial charge in [-0.2, -0.15) is 0 Å². The number of methoxy groups -OCH3 is 3. The lowest BCUT2D eigenvalue weighted by Gasteiger charge is -2.27. The van der Waals surface area contributed by atoms with Gasteiger partial charge in [-0.3, -0.25) is 9.59 Å². The van der Waals surface area contributed by atoms with Crippen LogP contribution >= 0.6 is 0 Å². The van der Waals surface area contributed by atoms with Crippen molar-refractivity contribution in [2.24, 2.45) is 5.92 Å². The molecule has 9 heteroatoms. The fraction of sp³-hybridized carbons (Fsp3) is 0.467. The van der Waals surface area contributed by atoms with E-state index in [4.69, 9.17) is 18.9 Å². The molecule has 1 aliphatic rings. The van der Waals surface area contributed by atoms with Gasteiger partial charge in [-0.05, 0) is 81.4 Å². The number of hydrogen-bond donors (Lipinski definition) is 1. The molecule has 1 heterocycles. The molecule has 39 heavy (non-hydrogen) atoms. The summed E-state index contributed by atoms with van der Waals surface area (Å²) in [4.78, 5) is 30.3. The molecule has 0 spiro atoms. The Balaban J connectivity index is 2.17. The first-order valence-corrected chi connectivity index (χ1v) is 13.0. The molecule has 0 saturated carbocycles. The maximum atomic E-state index is 13.4. The van der Waals surface area contributed by atoms with Gasteiger partial charge in [0.1, 0.15) is 11.5 Å². The molecule has 1 fully saturated rings. The molecule has 1 saturated heterocycles. The average molecular weight is 541 g/mol. The molecular formula is C30H40N2O7. The molecule has 0 aromatic heterocycles. The number of aliphatic hydroxyl groups excluding tert-OH is 1. The topological polar surface area (TPSA) is 97.8 Å². The van der Waals surface area contributed by atoms with E-state index < -0.39 is 17.7 Å².